The zero-order valence-electron chi connectivity index (χ0n) is 16.0. The molecule has 0 aliphatic carbocycles. The Morgan fingerprint density at radius 1 is 1.10 bits per heavy atom. The van der Waals surface area contributed by atoms with Gasteiger partial charge in [0.2, 0.25) is 6.79 Å². The highest BCUT2D eigenvalue weighted by Gasteiger charge is 2.24. The Morgan fingerprint density at radius 2 is 1.87 bits per heavy atom. The number of benzene rings is 2. The molecule has 4 rings (SSSR count). The summed E-state index contributed by atoms with van der Waals surface area (Å²) in [6.07, 6.45) is 1.94. The number of anilines is 2. The highest BCUT2D eigenvalue weighted by atomic mass is 16.7. The molecule has 156 valence electrons. The molecule has 2 aliphatic heterocycles. The smallest absolute Gasteiger partial charge is 0.338 e. The van der Waals surface area contributed by atoms with Gasteiger partial charge in [-0.15, -0.1) is 0 Å². The van der Waals surface area contributed by atoms with Crippen molar-refractivity contribution in [3.8, 4) is 11.5 Å². The van der Waals surface area contributed by atoms with Gasteiger partial charge in [0.1, 0.15) is 5.69 Å². The molecule has 2 aliphatic rings. The van der Waals surface area contributed by atoms with Gasteiger partial charge in [0.15, 0.2) is 18.1 Å². The van der Waals surface area contributed by atoms with Gasteiger partial charge in [-0.1, -0.05) is 0 Å². The van der Waals surface area contributed by atoms with E-state index in [1.54, 1.807) is 24.3 Å². The lowest BCUT2D eigenvalue weighted by Gasteiger charge is -2.17. The van der Waals surface area contributed by atoms with Crippen LogP contribution in [0.1, 0.15) is 23.2 Å². The van der Waals surface area contributed by atoms with Crippen molar-refractivity contribution in [1.82, 2.24) is 0 Å². The number of rotatable bonds is 6. The van der Waals surface area contributed by atoms with E-state index in [9.17, 15) is 19.7 Å². The minimum atomic E-state index is -0.813. The van der Waals surface area contributed by atoms with Crippen LogP contribution in [0.4, 0.5) is 17.1 Å². The lowest BCUT2D eigenvalue weighted by Crippen LogP contribution is -2.21. The van der Waals surface area contributed by atoms with Crippen molar-refractivity contribution in [3.63, 3.8) is 0 Å². The van der Waals surface area contributed by atoms with Crippen molar-refractivity contribution in [3.05, 3.63) is 52.1 Å². The number of esters is 1. The summed E-state index contributed by atoms with van der Waals surface area (Å²) >= 11 is 0. The number of carbonyl (C=O) groups excluding carboxylic acids is 2. The molecule has 0 unspecified atom stereocenters. The molecular weight excluding hydrogens is 394 g/mol. The Labute approximate surface area is 171 Å². The number of amides is 1. The zero-order valence-corrected chi connectivity index (χ0v) is 16.0. The maximum Gasteiger partial charge on any atom is 0.338 e. The van der Waals surface area contributed by atoms with Gasteiger partial charge in [0.25, 0.3) is 11.6 Å². The lowest BCUT2D eigenvalue weighted by atomic mass is 10.1. The molecule has 0 saturated carbocycles. The number of nitro groups is 1. The van der Waals surface area contributed by atoms with E-state index < -0.39 is 23.4 Å². The first kappa shape index (κ1) is 19.5. The summed E-state index contributed by atoms with van der Waals surface area (Å²) in [7, 11) is 0. The van der Waals surface area contributed by atoms with E-state index in [1.165, 1.54) is 12.1 Å². The van der Waals surface area contributed by atoms with Gasteiger partial charge in [-0.3, -0.25) is 14.9 Å². The molecule has 1 fully saturated rings. The van der Waals surface area contributed by atoms with E-state index >= 15 is 0 Å². The van der Waals surface area contributed by atoms with Crippen molar-refractivity contribution in [2.75, 3.05) is 36.7 Å². The summed E-state index contributed by atoms with van der Waals surface area (Å²) in [5.74, 6) is -0.272. The van der Waals surface area contributed by atoms with Gasteiger partial charge in [-0.25, -0.2) is 4.79 Å². The maximum atomic E-state index is 12.3. The molecular formula is C20H19N3O7. The normalized spacial score (nSPS) is 14.5. The van der Waals surface area contributed by atoms with E-state index in [4.69, 9.17) is 14.2 Å². The number of ether oxygens (including phenoxy) is 3. The number of hydrogen-bond acceptors (Lipinski definition) is 8. The van der Waals surface area contributed by atoms with E-state index in [-0.39, 0.29) is 18.0 Å². The first-order chi connectivity index (χ1) is 14.5. The number of hydrogen-bond donors (Lipinski definition) is 1. The molecule has 0 radical (unpaired) electrons. The maximum absolute atomic E-state index is 12.3. The van der Waals surface area contributed by atoms with Crippen molar-refractivity contribution >= 4 is 28.9 Å². The van der Waals surface area contributed by atoms with Crippen LogP contribution < -0.4 is 19.7 Å². The second kappa shape index (κ2) is 8.27. The van der Waals surface area contributed by atoms with Crippen LogP contribution in [-0.2, 0) is 9.53 Å². The molecule has 10 heteroatoms. The number of fused-ring (bicyclic) bond motifs is 1. The molecule has 1 saturated heterocycles. The lowest BCUT2D eigenvalue weighted by molar-refractivity contribution is -0.384. The molecule has 0 bridgehead atoms. The van der Waals surface area contributed by atoms with Gasteiger partial charge in [-0.05, 0) is 37.1 Å². The fraction of sp³-hybridized carbons (Fsp3) is 0.300. The largest absolute Gasteiger partial charge is 0.454 e. The first-order valence-corrected chi connectivity index (χ1v) is 9.41. The first-order valence-electron chi connectivity index (χ1n) is 9.41. The van der Waals surface area contributed by atoms with Gasteiger partial charge in [0, 0.05) is 30.9 Å². The second-order valence-corrected chi connectivity index (χ2v) is 6.85. The van der Waals surface area contributed by atoms with Gasteiger partial charge in [0.05, 0.1) is 10.5 Å². The van der Waals surface area contributed by atoms with E-state index in [1.807, 2.05) is 4.90 Å². The summed E-state index contributed by atoms with van der Waals surface area (Å²) < 4.78 is 15.4. The predicted octanol–water partition coefficient (Wildman–Crippen LogP) is 2.72. The average Bonchev–Trinajstić information content (AvgIpc) is 3.43. The monoisotopic (exact) mass is 413 g/mol. The third-order valence-corrected chi connectivity index (χ3v) is 4.85. The van der Waals surface area contributed by atoms with E-state index in [0.29, 0.717) is 22.9 Å². The van der Waals surface area contributed by atoms with Crippen LogP contribution in [0, 0.1) is 10.1 Å². The van der Waals surface area contributed by atoms with Crippen molar-refractivity contribution < 1.29 is 28.7 Å². The highest BCUT2D eigenvalue weighted by molar-refractivity contribution is 5.96. The third-order valence-electron chi connectivity index (χ3n) is 4.85. The van der Waals surface area contributed by atoms with Gasteiger partial charge >= 0.3 is 5.97 Å². The molecule has 1 amide bonds. The van der Waals surface area contributed by atoms with Crippen LogP contribution in [0.5, 0.6) is 11.5 Å². The Kier molecular flexibility index (Phi) is 5.38. The highest BCUT2D eigenvalue weighted by Crippen LogP contribution is 2.34. The average molecular weight is 413 g/mol. The molecule has 30 heavy (non-hydrogen) atoms. The minimum absolute atomic E-state index is 0.0144. The third kappa shape index (κ3) is 4.12. The summed E-state index contributed by atoms with van der Waals surface area (Å²) in [5, 5.41) is 14.0. The van der Waals surface area contributed by atoms with Crippen LogP contribution in [0.3, 0.4) is 0 Å². The van der Waals surface area contributed by atoms with Crippen LogP contribution in [0.25, 0.3) is 0 Å². The molecule has 0 spiro atoms. The van der Waals surface area contributed by atoms with Crippen LogP contribution >= 0.6 is 0 Å². The number of nitrogens with one attached hydrogen (secondary N) is 1. The van der Waals surface area contributed by atoms with Crippen LogP contribution in [-0.4, -0.2) is 43.3 Å². The fourth-order valence-corrected chi connectivity index (χ4v) is 3.41. The molecule has 2 aromatic carbocycles. The van der Waals surface area contributed by atoms with E-state index in [2.05, 4.69) is 5.32 Å². The fourth-order valence-electron chi connectivity index (χ4n) is 3.41. The molecule has 10 nitrogen and oxygen atoms in total. The second-order valence-electron chi connectivity index (χ2n) is 6.85. The van der Waals surface area contributed by atoms with Gasteiger partial charge < -0.3 is 24.4 Å². The molecule has 1 N–H and O–H groups in total. The zero-order chi connectivity index (χ0) is 21.1. The standard InChI is InChI=1S/C20H19N3O7/c24-19(21-14-4-6-17-18(10-14)30-12-29-17)11-28-20(25)13-3-5-15(16(9-13)23(26)27)22-7-1-2-8-22/h3-6,9-10H,1-2,7-8,11-12H2,(H,21,24). The van der Waals surface area contributed by atoms with Crippen molar-refractivity contribution in [2.24, 2.45) is 0 Å². The SMILES string of the molecule is O=C(COC(=O)c1ccc(N2CCCC2)c([N+](=O)[O-])c1)Nc1ccc2c(c1)OCO2. The van der Waals surface area contributed by atoms with E-state index in [0.717, 1.165) is 25.9 Å². The Hall–Kier alpha value is -3.82. The van der Waals surface area contributed by atoms with Crippen LogP contribution in [0.2, 0.25) is 0 Å². The quantitative estimate of drug-likeness (QED) is 0.436. The number of nitro benzene ring substituents is 1. The topological polar surface area (TPSA) is 120 Å². The van der Waals surface area contributed by atoms with Crippen LogP contribution in [0.15, 0.2) is 36.4 Å². The Balaban J connectivity index is 1.38. The number of carbonyl (C=O) groups is 2. The predicted molar refractivity (Wildman–Crippen MR) is 106 cm³/mol. The molecule has 2 heterocycles. The van der Waals surface area contributed by atoms with Crippen molar-refractivity contribution in [1.29, 1.82) is 0 Å². The van der Waals surface area contributed by atoms with Gasteiger partial charge in [-0.2, -0.15) is 0 Å². The summed E-state index contributed by atoms with van der Waals surface area (Å²) in [4.78, 5) is 37.2. The Morgan fingerprint density at radius 3 is 2.63 bits per heavy atom. The van der Waals surface area contributed by atoms with Crippen molar-refractivity contribution in [2.45, 2.75) is 12.8 Å². The summed E-state index contributed by atoms with van der Waals surface area (Å²) in [6, 6.07) is 9.10. The molecule has 2 aromatic rings. The molecule has 0 aromatic heterocycles. The Bertz CT molecular complexity index is 1000. The number of nitrogens with zero attached hydrogens (tertiary/aromatic N) is 2. The summed E-state index contributed by atoms with van der Waals surface area (Å²) in [6.45, 7) is 1.07. The molecule has 0 atom stereocenters. The summed E-state index contributed by atoms with van der Waals surface area (Å²) in [5.41, 5.74) is 0.803. The minimum Gasteiger partial charge on any atom is -0.454 e.